The molecule has 2 fully saturated rings. The first-order valence-corrected chi connectivity index (χ1v) is 8.29. The van der Waals surface area contributed by atoms with Crippen molar-refractivity contribution >= 4 is 18.2 Å². The highest BCUT2D eigenvalue weighted by molar-refractivity contribution is 5.87. The van der Waals surface area contributed by atoms with Crippen molar-refractivity contribution in [1.82, 2.24) is 19.8 Å². The van der Waals surface area contributed by atoms with Gasteiger partial charge in [0.1, 0.15) is 11.4 Å². The molecule has 0 aliphatic carbocycles. The topological polar surface area (TPSA) is 89.9 Å². The van der Waals surface area contributed by atoms with E-state index in [4.69, 9.17) is 9.90 Å². The van der Waals surface area contributed by atoms with Gasteiger partial charge in [-0.2, -0.15) is 0 Å². The maximum Gasteiger partial charge on any atom is 0.290 e. The number of rotatable bonds is 3. The molecule has 2 aliphatic heterocycles. The first-order chi connectivity index (χ1) is 12.1. The molecule has 1 amide bonds. The molecule has 1 aromatic heterocycles. The SMILES string of the molecule is C=CCN1CCN(C)C2(CCN(c3cnccn3)CC2)C1=O.O=CO. The third kappa shape index (κ3) is 3.96. The van der Waals surface area contributed by atoms with E-state index in [2.05, 4.69) is 33.4 Å². The van der Waals surface area contributed by atoms with Crippen molar-refractivity contribution in [2.75, 3.05) is 44.7 Å². The predicted octanol–water partition coefficient (Wildman–Crippen LogP) is 0.476. The van der Waals surface area contributed by atoms with E-state index >= 15 is 0 Å². The van der Waals surface area contributed by atoms with Crippen LogP contribution in [0.5, 0.6) is 0 Å². The molecule has 25 heavy (non-hydrogen) atoms. The Balaban J connectivity index is 0.000000701. The van der Waals surface area contributed by atoms with Gasteiger partial charge in [0.05, 0.1) is 6.20 Å². The summed E-state index contributed by atoms with van der Waals surface area (Å²) < 4.78 is 0. The lowest BCUT2D eigenvalue weighted by Crippen LogP contribution is -2.67. The van der Waals surface area contributed by atoms with Gasteiger partial charge in [0.2, 0.25) is 5.91 Å². The summed E-state index contributed by atoms with van der Waals surface area (Å²) in [5.74, 6) is 1.14. The van der Waals surface area contributed by atoms with Crippen molar-refractivity contribution in [2.24, 2.45) is 0 Å². The van der Waals surface area contributed by atoms with Gasteiger partial charge in [0, 0.05) is 45.1 Å². The number of likely N-dealkylation sites (N-methyl/N-ethyl adjacent to an activating group) is 1. The number of aromatic nitrogens is 2. The second kappa shape index (κ2) is 8.57. The molecule has 8 heteroatoms. The zero-order chi connectivity index (χ0) is 18.3. The zero-order valence-corrected chi connectivity index (χ0v) is 14.5. The van der Waals surface area contributed by atoms with E-state index in [-0.39, 0.29) is 17.9 Å². The van der Waals surface area contributed by atoms with Crippen molar-refractivity contribution in [1.29, 1.82) is 0 Å². The van der Waals surface area contributed by atoms with E-state index in [1.807, 2.05) is 11.0 Å². The van der Waals surface area contributed by atoms with Crippen LogP contribution in [-0.4, -0.2) is 82.6 Å². The fraction of sp³-hybridized carbons (Fsp3) is 0.529. The van der Waals surface area contributed by atoms with Crippen LogP contribution in [0.4, 0.5) is 5.82 Å². The lowest BCUT2D eigenvalue weighted by atomic mass is 9.82. The normalized spacial score (nSPS) is 20.0. The number of carbonyl (C=O) groups is 2. The van der Waals surface area contributed by atoms with Crippen LogP contribution >= 0.6 is 0 Å². The number of piperidine rings is 1. The Morgan fingerprint density at radius 3 is 2.52 bits per heavy atom. The molecule has 0 unspecified atom stereocenters. The minimum atomic E-state index is -0.361. The molecular formula is C17H25N5O3. The van der Waals surface area contributed by atoms with Crippen molar-refractivity contribution in [3.05, 3.63) is 31.2 Å². The van der Waals surface area contributed by atoms with Crippen molar-refractivity contribution in [3.63, 3.8) is 0 Å². The molecule has 0 bridgehead atoms. The molecule has 0 atom stereocenters. The summed E-state index contributed by atoms with van der Waals surface area (Å²) in [6.45, 7) is 7.52. The Kier molecular flexibility index (Phi) is 6.46. The van der Waals surface area contributed by atoms with Crippen molar-refractivity contribution in [3.8, 4) is 0 Å². The van der Waals surface area contributed by atoms with Crippen LogP contribution in [0.2, 0.25) is 0 Å². The highest BCUT2D eigenvalue weighted by Crippen LogP contribution is 2.33. The fourth-order valence-electron chi connectivity index (χ4n) is 3.53. The van der Waals surface area contributed by atoms with Gasteiger partial charge in [0.15, 0.2) is 0 Å². The molecule has 1 N–H and O–H groups in total. The molecule has 1 aromatic rings. The summed E-state index contributed by atoms with van der Waals surface area (Å²) >= 11 is 0. The molecule has 3 rings (SSSR count). The highest BCUT2D eigenvalue weighted by atomic mass is 16.3. The van der Waals surface area contributed by atoms with Crippen LogP contribution in [-0.2, 0) is 9.59 Å². The number of carbonyl (C=O) groups excluding carboxylic acids is 1. The average molecular weight is 347 g/mol. The molecule has 3 heterocycles. The number of amides is 1. The van der Waals surface area contributed by atoms with Crippen LogP contribution in [0.1, 0.15) is 12.8 Å². The minimum Gasteiger partial charge on any atom is -0.483 e. The van der Waals surface area contributed by atoms with Crippen LogP contribution < -0.4 is 4.90 Å². The van der Waals surface area contributed by atoms with Gasteiger partial charge in [0.25, 0.3) is 6.47 Å². The molecule has 0 aromatic carbocycles. The van der Waals surface area contributed by atoms with E-state index in [1.54, 1.807) is 18.6 Å². The number of anilines is 1. The number of carboxylic acid groups (broad SMARTS) is 1. The summed E-state index contributed by atoms with van der Waals surface area (Å²) in [6.07, 6.45) is 8.64. The van der Waals surface area contributed by atoms with E-state index in [1.165, 1.54) is 0 Å². The Bertz CT molecular complexity index is 587. The zero-order valence-electron chi connectivity index (χ0n) is 14.5. The Morgan fingerprint density at radius 2 is 1.96 bits per heavy atom. The third-order valence-corrected chi connectivity index (χ3v) is 4.93. The Labute approximate surface area is 147 Å². The van der Waals surface area contributed by atoms with Crippen molar-refractivity contribution < 1.29 is 14.7 Å². The smallest absolute Gasteiger partial charge is 0.290 e. The number of piperazine rings is 1. The average Bonchev–Trinajstić information content (AvgIpc) is 2.64. The van der Waals surface area contributed by atoms with E-state index in [0.717, 1.165) is 44.8 Å². The summed E-state index contributed by atoms with van der Waals surface area (Å²) in [4.78, 5) is 36.2. The Hall–Kier alpha value is -2.48. The molecular weight excluding hydrogens is 322 g/mol. The number of hydrogen-bond donors (Lipinski definition) is 1. The minimum absolute atomic E-state index is 0.250. The fourth-order valence-corrected chi connectivity index (χ4v) is 3.53. The standard InChI is InChI=1S/C16H23N5O.CH2O2/c1-3-8-21-12-11-19(2)16(15(21)22)4-9-20(10-5-16)14-13-17-6-7-18-14;2-1-3/h3,6-7,13H,1,4-5,8-12H2,2H3;1H,(H,2,3). The molecule has 0 saturated carbocycles. The van der Waals surface area contributed by atoms with Gasteiger partial charge in [-0.25, -0.2) is 4.98 Å². The van der Waals surface area contributed by atoms with Crippen LogP contribution in [0, 0.1) is 0 Å². The summed E-state index contributed by atoms with van der Waals surface area (Å²) in [5, 5.41) is 6.89. The Morgan fingerprint density at radius 1 is 1.28 bits per heavy atom. The summed E-state index contributed by atoms with van der Waals surface area (Å²) in [6, 6.07) is 0. The summed E-state index contributed by atoms with van der Waals surface area (Å²) in [5.41, 5.74) is -0.361. The molecule has 136 valence electrons. The number of hydrogen-bond acceptors (Lipinski definition) is 6. The quantitative estimate of drug-likeness (QED) is 0.628. The maximum atomic E-state index is 12.9. The van der Waals surface area contributed by atoms with Gasteiger partial charge in [-0.05, 0) is 19.9 Å². The molecule has 2 aliphatic rings. The maximum absolute atomic E-state index is 12.9. The van der Waals surface area contributed by atoms with Gasteiger partial charge in [-0.15, -0.1) is 6.58 Å². The first kappa shape index (κ1) is 18.9. The van der Waals surface area contributed by atoms with Gasteiger partial charge < -0.3 is 14.9 Å². The van der Waals surface area contributed by atoms with E-state index < -0.39 is 0 Å². The van der Waals surface area contributed by atoms with E-state index in [9.17, 15) is 4.79 Å². The molecule has 0 radical (unpaired) electrons. The van der Waals surface area contributed by atoms with Crippen LogP contribution in [0.25, 0.3) is 0 Å². The van der Waals surface area contributed by atoms with Crippen LogP contribution in [0.3, 0.4) is 0 Å². The molecule has 1 spiro atoms. The number of nitrogens with zero attached hydrogens (tertiary/aromatic N) is 5. The molecule has 2 saturated heterocycles. The van der Waals surface area contributed by atoms with Crippen LogP contribution in [0.15, 0.2) is 31.2 Å². The lowest BCUT2D eigenvalue weighted by Gasteiger charge is -2.51. The predicted molar refractivity (Wildman–Crippen MR) is 94.3 cm³/mol. The van der Waals surface area contributed by atoms with E-state index in [0.29, 0.717) is 6.54 Å². The second-order valence-corrected chi connectivity index (χ2v) is 6.15. The molecule has 8 nitrogen and oxygen atoms in total. The van der Waals surface area contributed by atoms with Gasteiger partial charge in [-0.3, -0.25) is 19.5 Å². The van der Waals surface area contributed by atoms with Gasteiger partial charge in [-0.1, -0.05) is 6.08 Å². The highest BCUT2D eigenvalue weighted by Gasteiger charge is 2.49. The largest absolute Gasteiger partial charge is 0.483 e. The summed E-state index contributed by atoms with van der Waals surface area (Å²) in [7, 11) is 2.07. The monoisotopic (exact) mass is 347 g/mol. The lowest BCUT2D eigenvalue weighted by molar-refractivity contribution is -0.151. The van der Waals surface area contributed by atoms with Gasteiger partial charge >= 0.3 is 0 Å². The second-order valence-electron chi connectivity index (χ2n) is 6.15. The third-order valence-electron chi connectivity index (χ3n) is 4.93. The first-order valence-electron chi connectivity index (χ1n) is 8.29. The van der Waals surface area contributed by atoms with Crippen molar-refractivity contribution in [2.45, 2.75) is 18.4 Å².